The van der Waals surface area contributed by atoms with Crippen molar-refractivity contribution in [2.45, 2.75) is 58.2 Å². The summed E-state index contributed by atoms with van der Waals surface area (Å²) < 4.78 is 5.18. The topological polar surface area (TPSA) is 70.6 Å². The van der Waals surface area contributed by atoms with Crippen LogP contribution in [0.1, 0.15) is 50.2 Å². The van der Waals surface area contributed by atoms with E-state index >= 15 is 0 Å². The zero-order chi connectivity index (χ0) is 22.3. The van der Waals surface area contributed by atoms with Gasteiger partial charge in [-0.2, -0.15) is 4.98 Å². The van der Waals surface area contributed by atoms with E-state index in [2.05, 4.69) is 56.3 Å². The number of amides is 1. The summed E-state index contributed by atoms with van der Waals surface area (Å²) in [5, 5.41) is 3.13. The first kappa shape index (κ1) is 22.5. The summed E-state index contributed by atoms with van der Waals surface area (Å²) in [5.41, 5.74) is 2.50. The summed E-state index contributed by atoms with van der Waals surface area (Å²) in [6, 6.07) is 11.1. The van der Waals surface area contributed by atoms with Gasteiger partial charge in [-0.15, -0.1) is 0 Å². The Kier molecular flexibility index (Phi) is 7.58. The van der Waals surface area contributed by atoms with Crippen LogP contribution < -0.4 is 15.0 Å². The minimum Gasteiger partial charge on any atom is -0.481 e. The van der Waals surface area contributed by atoms with Gasteiger partial charge in [0.1, 0.15) is 0 Å². The van der Waals surface area contributed by atoms with Gasteiger partial charge in [-0.1, -0.05) is 30.7 Å². The Morgan fingerprint density at radius 3 is 2.53 bits per heavy atom. The molecular formula is C25H35N5O2. The van der Waals surface area contributed by atoms with Crippen molar-refractivity contribution in [1.82, 2.24) is 20.2 Å². The Morgan fingerprint density at radius 2 is 1.81 bits per heavy atom. The van der Waals surface area contributed by atoms with Crippen LogP contribution in [-0.2, 0) is 17.9 Å². The summed E-state index contributed by atoms with van der Waals surface area (Å²) in [5.74, 6) is 1.41. The molecule has 1 aromatic heterocycles. The SMILES string of the molecule is COc1ccnc(N2CCC(C(=O)NCc3ccc(CN4CCCCC4C)cc3)CC2)n1. The first-order valence-electron chi connectivity index (χ1n) is 11.8. The van der Waals surface area contributed by atoms with Gasteiger partial charge in [-0.3, -0.25) is 9.69 Å². The lowest BCUT2D eigenvalue weighted by molar-refractivity contribution is -0.125. The molecule has 1 aromatic carbocycles. The highest BCUT2D eigenvalue weighted by Gasteiger charge is 2.26. The molecule has 1 N–H and O–H groups in total. The lowest BCUT2D eigenvalue weighted by atomic mass is 9.96. The quantitative estimate of drug-likeness (QED) is 0.716. The molecule has 2 aromatic rings. The maximum absolute atomic E-state index is 12.7. The van der Waals surface area contributed by atoms with E-state index in [1.54, 1.807) is 19.4 Å². The van der Waals surface area contributed by atoms with Crippen LogP contribution in [0.25, 0.3) is 0 Å². The highest BCUT2D eigenvalue weighted by molar-refractivity contribution is 5.78. The molecule has 2 fully saturated rings. The third-order valence-electron chi connectivity index (χ3n) is 6.79. The number of anilines is 1. The zero-order valence-electron chi connectivity index (χ0n) is 19.3. The second kappa shape index (κ2) is 10.8. The number of benzene rings is 1. The van der Waals surface area contributed by atoms with E-state index in [1.165, 1.54) is 31.4 Å². The summed E-state index contributed by atoms with van der Waals surface area (Å²) in [6.07, 6.45) is 7.27. The highest BCUT2D eigenvalue weighted by Crippen LogP contribution is 2.22. The summed E-state index contributed by atoms with van der Waals surface area (Å²) in [7, 11) is 1.60. The number of hydrogen-bond donors (Lipinski definition) is 1. The molecule has 1 atom stereocenters. The third-order valence-corrected chi connectivity index (χ3v) is 6.79. The van der Waals surface area contributed by atoms with E-state index in [4.69, 9.17) is 4.74 Å². The number of aromatic nitrogens is 2. The molecule has 3 heterocycles. The van der Waals surface area contributed by atoms with Crippen molar-refractivity contribution in [3.05, 3.63) is 47.7 Å². The minimum atomic E-state index is 0.0386. The van der Waals surface area contributed by atoms with Crippen molar-refractivity contribution in [2.24, 2.45) is 5.92 Å². The minimum absolute atomic E-state index is 0.0386. The number of likely N-dealkylation sites (tertiary alicyclic amines) is 1. The number of nitrogens with one attached hydrogen (secondary N) is 1. The molecule has 32 heavy (non-hydrogen) atoms. The molecule has 7 heteroatoms. The Labute approximate surface area is 191 Å². The first-order chi connectivity index (χ1) is 15.6. The molecule has 7 nitrogen and oxygen atoms in total. The molecule has 172 valence electrons. The lowest BCUT2D eigenvalue weighted by Crippen LogP contribution is -2.41. The van der Waals surface area contributed by atoms with E-state index in [0.717, 1.165) is 38.0 Å². The Morgan fingerprint density at radius 1 is 1.06 bits per heavy atom. The van der Waals surface area contributed by atoms with Crippen molar-refractivity contribution in [1.29, 1.82) is 0 Å². The Balaban J connectivity index is 1.22. The molecule has 2 aliphatic rings. The number of methoxy groups -OCH3 is 1. The number of rotatable bonds is 7. The molecule has 0 saturated carbocycles. The van der Waals surface area contributed by atoms with Crippen molar-refractivity contribution in [3.8, 4) is 5.88 Å². The number of nitrogens with zero attached hydrogens (tertiary/aromatic N) is 4. The van der Waals surface area contributed by atoms with Gasteiger partial charge in [0.2, 0.25) is 17.7 Å². The van der Waals surface area contributed by atoms with E-state index in [-0.39, 0.29) is 11.8 Å². The van der Waals surface area contributed by atoms with Crippen LogP contribution in [0.5, 0.6) is 5.88 Å². The second-order valence-corrected chi connectivity index (χ2v) is 9.01. The maximum Gasteiger partial charge on any atom is 0.228 e. The third kappa shape index (κ3) is 5.76. The normalized spacial score (nSPS) is 20.2. The average Bonchev–Trinajstić information content (AvgIpc) is 2.85. The molecule has 2 aliphatic heterocycles. The number of carbonyl (C=O) groups excluding carboxylic acids is 1. The predicted octanol–water partition coefficient (Wildman–Crippen LogP) is 3.39. The van der Waals surface area contributed by atoms with E-state index in [0.29, 0.717) is 24.4 Å². The van der Waals surface area contributed by atoms with Gasteiger partial charge >= 0.3 is 0 Å². The molecule has 0 bridgehead atoms. The van der Waals surface area contributed by atoms with Crippen LogP contribution >= 0.6 is 0 Å². The number of ether oxygens (including phenoxy) is 1. The summed E-state index contributed by atoms with van der Waals surface area (Å²) in [6.45, 7) is 6.67. The van der Waals surface area contributed by atoms with Crippen LogP contribution in [0.4, 0.5) is 5.95 Å². The Bertz CT molecular complexity index is 880. The van der Waals surface area contributed by atoms with Gasteiger partial charge in [-0.25, -0.2) is 4.98 Å². The number of carbonyl (C=O) groups is 1. The molecular weight excluding hydrogens is 402 g/mol. The van der Waals surface area contributed by atoms with Crippen LogP contribution in [0, 0.1) is 5.92 Å². The second-order valence-electron chi connectivity index (χ2n) is 9.01. The van der Waals surface area contributed by atoms with Crippen molar-refractivity contribution >= 4 is 11.9 Å². The van der Waals surface area contributed by atoms with Crippen LogP contribution in [0.3, 0.4) is 0 Å². The van der Waals surface area contributed by atoms with Gasteiger partial charge in [0, 0.05) is 50.4 Å². The largest absolute Gasteiger partial charge is 0.481 e. The monoisotopic (exact) mass is 437 g/mol. The van der Waals surface area contributed by atoms with E-state index in [1.807, 2.05) is 0 Å². The summed E-state index contributed by atoms with van der Waals surface area (Å²) in [4.78, 5) is 26.1. The van der Waals surface area contributed by atoms with Gasteiger partial charge in [0.15, 0.2) is 0 Å². The van der Waals surface area contributed by atoms with Crippen molar-refractivity contribution in [3.63, 3.8) is 0 Å². The molecule has 2 saturated heterocycles. The molecule has 0 spiro atoms. The van der Waals surface area contributed by atoms with Crippen LogP contribution in [0.2, 0.25) is 0 Å². The zero-order valence-corrected chi connectivity index (χ0v) is 19.3. The summed E-state index contributed by atoms with van der Waals surface area (Å²) >= 11 is 0. The number of hydrogen-bond acceptors (Lipinski definition) is 6. The molecule has 1 unspecified atom stereocenters. The Hall–Kier alpha value is -2.67. The lowest BCUT2D eigenvalue weighted by Gasteiger charge is -2.33. The van der Waals surface area contributed by atoms with Gasteiger partial charge < -0.3 is 15.0 Å². The van der Waals surface area contributed by atoms with Gasteiger partial charge in [0.05, 0.1) is 7.11 Å². The van der Waals surface area contributed by atoms with Gasteiger partial charge in [0.25, 0.3) is 0 Å². The van der Waals surface area contributed by atoms with Crippen molar-refractivity contribution in [2.75, 3.05) is 31.6 Å². The smallest absolute Gasteiger partial charge is 0.228 e. The average molecular weight is 438 g/mol. The molecule has 1 amide bonds. The highest BCUT2D eigenvalue weighted by atomic mass is 16.5. The number of piperidine rings is 2. The van der Waals surface area contributed by atoms with Crippen molar-refractivity contribution < 1.29 is 9.53 Å². The fourth-order valence-corrected chi connectivity index (χ4v) is 4.66. The molecule has 0 aliphatic carbocycles. The fourth-order valence-electron chi connectivity index (χ4n) is 4.66. The van der Waals surface area contributed by atoms with Gasteiger partial charge in [-0.05, 0) is 50.3 Å². The predicted molar refractivity (Wildman–Crippen MR) is 126 cm³/mol. The van der Waals surface area contributed by atoms with Crippen LogP contribution in [-0.4, -0.2) is 53.6 Å². The van der Waals surface area contributed by atoms with E-state index in [9.17, 15) is 4.79 Å². The first-order valence-corrected chi connectivity index (χ1v) is 11.8. The van der Waals surface area contributed by atoms with Crippen LogP contribution in [0.15, 0.2) is 36.5 Å². The van der Waals surface area contributed by atoms with E-state index < -0.39 is 0 Å². The standard InChI is InChI=1S/C25H35N5O2/c1-19-5-3-4-14-30(19)18-21-8-6-20(7-9-21)17-27-24(31)22-11-15-29(16-12-22)25-26-13-10-23(28-25)32-2/h6-10,13,19,22H,3-5,11-12,14-18H2,1-2H3,(H,27,31). The molecule has 4 rings (SSSR count). The fraction of sp³-hybridized carbons (Fsp3) is 0.560. The molecule has 0 radical (unpaired) electrons. The maximum atomic E-state index is 12.7.